The highest BCUT2D eigenvalue weighted by molar-refractivity contribution is 7.47. The van der Waals surface area contributed by atoms with E-state index in [0.29, 0.717) is 25.7 Å². The lowest BCUT2D eigenvalue weighted by Crippen LogP contribution is -2.30. The minimum atomic E-state index is -4.78. The van der Waals surface area contributed by atoms with Crippen LogP contribution in [-0.2, 0) is 42.2 Å². The summed E-state index contributed by atoms with van der Waals surface area (Å²) in [6, 6.07) is 0. The maximum atomic E-state index is 12.9. The zero-order valence-corrected chi connectivity index (χ0v) is 48.8. The van der Waals surface area contributed by atoms with Crippen LogP contribution in [0.5, 0.6) is 0 Å². The predicted octanol–water partition coefficient (Wildman–Crippen LogP) is 17.8. The average Bonchev–Trinajstić information content (AvgIpc) is 3.41. The highest BCUT2D eigenvalue weighted by Gasteiger charge is 2.28. The molecule has 11 nitrogen and oxygen atoms in total. The molecule has 3 unspecified atom stereocenters. The van der Waals surface area contributed by atoms with Gasteiger partial charge in [-0.25, -0.2) is 4.57 Å². The van der Waals surface area contributed by atoms with E-state index in [2.05, 4.69) is 118 Å². The van der Waals surface area contributed by atoms with E-state index in [4.69, 9.17) is 23.3 Å². The molecule has 3 atom stereocenters. The van der Waals surface area contributed by atoms with Gasteiger partial charge in [0.15, 0.2) is 6.10 Å². The summed E-state index contributed by atoms with van der Waals surface area (Å²) in [6.45, 7) is 4.39. The van der Waals surface area contributed by atoms with E-state index in [9.17, 15) is 28.9 Å². The van der Waals surface area contributed by atoms with Gasteiger partial charge in [-0.3, -0.25) is 23.4 Å². The number of esters is 3. The summed E-state index contributed by atoms with van der Waals surface area (Å²) in [4.78, 5) is 48.6. The Kier molecular flexibility index (Phi) is 54.4. The molecule has 0 aromatic rings. The van der Waals surface area contributed by atoms with Gasteiger partial charge in [0.1, 0.15) is 12.7 Å². The molecule has 0 aliphatic carbocycles. The number of ether oxygens (including phenoxy) is 3. The molecule has 0 heterocycles. The Morgan fingerprint density at radius 1 is 0.382 bits per heavy atom. The molecule has 2 N–H and O–H groups in total. The Morgan fingerprint density at radius 2 is 0.711 bits per heavy atom. The Labute approximate surface area is 463 Å². The second kappa shape index (κ2) is 57.3. The molecule has 0 amide bonds. The lowest BCUT2D eigenvalue weighted by atomic mass is 10.1. The Morgan fingerprint density at radius 3 is 1.17 bits per heavy atom. The summed E-state index contributed by atoms with van der Waals surface area (Å²) < 4.78 is 39.4. The van der Waals surface area contributed by atoms with Gasteiger partial charge in [-0.2, -0.15) is 0 Å². The summed E-state index contributed by atoms with van der Waals surface area (Å²) >= 11 is 0. The van der Waals surface area contributed by atoms with Crippen molar-refractivity contribution in [2.24, 2.45) is 0 Å². The van der Waals surface area contributed by atoms with Gasteiger partial charge in [-0.15, -0.1) is 0 Å². The van der Waals surface area contributed by atoms with Crippen molar-refractivity contribution in [3.63, 3.8) is 0 Å². The molecule has 0 fully saturated rings. The number of rotatable bonds is 54. The van der Waals surface area contributed by atoms with Crippen LogP contribution in [0.2, 0.25) is 0 Å². The molecular weight excluding hydrogens is 976 g/mol. The van der Waals surface area contributed by atoms with Gasteiger partial charge in [0.2, 0.25) is 0 Å². The summed E-state index contributed by atoms with van der Waals surface area (Å²) in [5, 5.41) is 9.82. The molecule has 12 heteroatoms. The molecule has 0 saturated heterocycles. The molecule has 76 heavy (non-hydrogen) atoms. The number of hydrogen-bond acceptors (Lipinski definition) is 10. The highest BCUT2D eigenvalue weighted by Crippen LogP contribution is 2.43. The van der Waals surface area contributed by atoms with Gasteiger partial charge in [0, 0.05) is 19.3 Å². The first-order valence-corrected chi connectivity index (χ1v) is 31.3. The zero-order valence-electron chi connectivity index (χ0n) is 47.9. The standard InChI is InChI=1S/C64H107O11P/c1-4-7-10-13-16-19-22-25-28-29-30-31-34-37-40-43-46-49-52-55-64(68)75-61(57-71-62(66)53-50-47-44-41-38-35-32-26-23-20-17-14-11-8-5-2)59-73-76(69,70)72-58-60(56-65)74-63(67)54-51-48-45-42-39-36-33-27-24-21-18-15-12-9-6-3/h7,10,16-17,19-20,25-28,30-33,37,40,46,49,60-61,65H,4-6,8-9,11-15,18,21-24,29,34-36,38-39,41-45,47-48,50-59H2,1-3H3,(H,69,70)/b10-7-,19-16-,20-17-,28-25-,31-30-,32-26-,33-27-,40-37-,49-46-. The molecule has 0 aromatic carbocycles. The number of allylic oxidation sites excluding steroid dienone is 18. The number of hydrogen-bond donors (Lipinski definition) is 2. The molecule has 0 bridgehead atoms. The van der Waals surface area contributed by atoms with Crippen LogP contribution in [0.1, 0.15) is 239 Å². The normalized spacial score (nSPS) is 14.1. The molecule has 0 aromatic heterocycles. The fourth-order valence-corrected chi connectivity index (χ4v) is 8.43. The van der Waals surface area contributed by atoms with Crippen molar-refractivity contribution in [3.05, 3.63) is 109 Å². The summed E-state index contributed by atoms with van der Waals surface area (Å²) in [6.07, 6.45) is 69.1. The highest BCUT2D eigenvalue weighted by atomic mass is 31.2. The fourth-order valence-electron chi connectivity index (χ4n) is 7.64. The van der Waals surface area contributed by atoms with E-state index in [1.54, 1.807) is 0 Å². The van der Waals surface area contributed by atoms with Gasteiger partial charge < -0.3 is 24.2 Å². The summed E-state index contributed by atoms with van der Waals surface area (Å²) in [5.74, 6) is -1.60. The van der Waals surface area contributed by atoms with Crippen LogP contribution < -0.4 is 0 Å². The predicted molar refractivity (Wildman–Crippen MR) is 316 cm³/mol. The van der Waals surface area contributed by atoms with Crippen LogP contribution in [0, 0.1) is 0 Å². The topological polar surface area (TPSA) is 155 Å². The number of phosphoric ester groups is 1. The van der Waals surface area contributed by atoms with Crippen molar-refractivity contribution >= 4 is 25.7 Å². The minimum Gasteiger partial charge on any atom is -0.462 e. The first-order chi connectivity index (χ1) is 37.2. The van der Waals surface area contributed by atoms with Crippen molar-refractivity contribution in [3.8, 4) is 0 Å². The first-order valence-electron chi connectivity index (χ1n) is 29.8. The largest absolute Gasteiger partial charge is 0.472 e. The van der Waals surface area contributed by atoms with Crippen molar-refractivity contribution in [2.45, 2.75) is 251 Å². The summed E-state index contributed by atoms with van der Waals surface area (Å²) in [7, 11) is -4.78. The monoisotopic (exact) mass is 1080 g/mol. The maximum Gasteiger partial charge on any atom is 0.472 e. The lowest BCUT2D eigenvalue weighted by molar-refractivity contribution is -0.161. The van der Waals surface area contributed by atoms with Crippen LogP contribution in [0.25, 0.3) is 0 Å². The number of aliphatic hydroxyl groups is 1. The van der Waals surface area contributed by atoms with Gasteiger partial charge in [-0.1, -0.05) is 214 Å². The van der Waals surface area contributed by atoms with Crippen LogP contribution >= 0.6 is 7.82 Å². The SMILES string of the molecule is CC/C=C\C/C=C\C/C=C\C/C=C\C/C=C\C/C=C\CCC(=O)OC(COC(=O)CCCCCCC/C=C\C/C=C\CCCCC)COP(=O)(O)OCC(CO)OC(=O)CCCCCCC/C=C\CCCCCCCC. The van der Waals surface area contributed by atoms with Crippen LogP contribution in [0.3, 0.4) is 0 Å². The quantitative estimate of drug-likeness (QED) is 0.0197. The Hall–Kier alpha value is -3.86. The van der Waals surface area contributed by atoms with Crippen LogP contribution in [0.4, 0.5) is 0 Å². The third-order valence-corrected chi connectivity index (χ3v) is 13.1. The Balaban J connectivity index is 4.87. The molecule has 0 aliphatic rings. The second-order valence-corrected chi connectivity index (χ2v) is 20.9. The van der Waals surface area contributed by atoms with Crippen molar-refractivity contribution in [1.29, 1.82) is 0 Å². The van der Waals surface area contributed by atoms with E-state index in [-0.39, 0.29) is 25.9 Å². The number of carbonyl (C=O) groups excluding carboxylic acids is 3. The molecule has 0 spiro atoms. The fraction of sp³-hybridized carbons (Fsp3) is 0.672. The molecule has 0 rings (SSSR count). The van der Waals surface area contributed by atoms with Gasteiger partial charge in [0.05, 0.1) is 19.8 Å². The molecule has 434 valence electrons. The smallest absolute Gasteiger partial charge is 0.462 e. The molecule has 0 saturated carbocycles. The molecular formula is C64H107O11P. The van der Waals surface area contributed by atoms with Crippen molar-refractivity contribution in [1.82, 2.24) is 0 Å². The van der Waals surface area contributed by atoms with Gasteiger partial charge >= 0.3 is 25.7 Å². The van der Waals surface area contributed by atoms with E-state index < -0.39 is 57.8 Å². The molecule has 0 radical (unpaired) electrons. The second-order valence-electron chi connectivity index (χ2n) is 19.4. The van der Waals surface area contributed by atoms with Gasteiger partial charge in [0.25, 0.3) is 0 Å². The lowest BCUT2D eigenvalue weighted by Gasteiger charge is -2.21. The van der Waals surface area contributed by atoms with E-state index in [0.717, 1.165) is 116 Å². The van der Waals surface area contributed by atoms with Gasteiger partial charge in [-0.05, 0) is 116 Å². The third kappa shape index (κ3) is 54.9. The number of unbranched alkanes of at least 4 members (excludes halogenated alkanes) is 19. The van der Waals surface area contributed by atoms with Crippen molar-refractivity contribution < 1.29 is 52.2 Å². The van der Waals surface area contributed by atoms with Crippen molar-refractivity contribution in [2.75, 3.05) is 26.4 Å². The Bertz CT molecular complexity index is 1690. The zero-order chi connectivity index (χ0) is 55.5. The average molecular weight is 1080 g/mol. The van der Waals surface area contributed by atoms with Crippen LogP contribution in [-0.4, -0.2) is 66.5 Å². The number of carbonyl (C=O) groups is 3. The number of phosphoric acid groups is 1. The van der Waals surface area contributed by atoms with E-state index in [1.807, 2.05) is 12.2 Å². The molecule has 0 aliphatic heterocycles. The number of aliphatic hydroxyl groups excluding tert-OH is 1. The van der Waals surface area contributed by atoms with E-state index in [1.165, 1.54) is 57.8 Å². The maximum absolute atomic E-state index is 12.9. The van der Waals surface area contributed by atoms with E-state index >= 15 is 0 Å². The first kappa shape index (κ1) is 72.1. The summed E-state index contributed by atoms with van der Waals surface area (Å²) in [5.41, 5.74) is 0. The minimum absolute atomic E-state index is 0.0341. The third-order valence-electron chi connectivity index (χ3n) is 12.2. The van der Waals surface area contributed by atoms with Crippen LogP contribution in [0.15, 0.2) is 109 Å².